The number of rotatable bonds is 5. The van der Waals surface area contributed by atoms with E-state index in [1.54, 1.807) is 11.0 Å². The van der Waals surface area contributed by atoms with Gasteiger partial charge in [0.1, 0.15) is 5.76 Å². The third-order valence-electron chi connectivity index (χ3n) is 5.06. The minimum absolute atomic E-state index is 0.0133. The van der Waals surface area contributed by atoms with Crippen LogP contribution in [0.15, 0.2) is 40.9 Å². The van der Waals surface area contributed by atoms with Crippen molar-refractivity contribution < 1.29 is 14.1 Å². The molecule has 1 aromatic carbocycles. The van der Waals surface area contributed by atoms with Crippen molar-refractivity contribution in [1.82, 2.24) is 15.0 Å². The third-order valence-corrected chi connectivity index (χ3v) is 5.06. The van der Waals surface area contributed by atoms with Crippen LogP contribution in [0, 0.1) is 0 Å². The molecule has 0 bridgehead atoms. The van der Waals surface area contributed by atoms with E-state index in [0.717, 1.165) is 12.0 Å². The summed E-state index contributed by atoms with van der Waals surface area (Å²) in [5.74, 6) is 0.791. The Morgan fingerprint density at radius 1 is 1.30 bits per heavy atom. The highest BCUT2D eigenvalue weighted by atomic mass is 16.5. The Hall–Kier alpha value is -2.63. The lowest BCUT2D eigenvalue weighted by atomic mass is 10.1. The molecule has 1 fully saturated rings. The first-order valence-corrected chi connectivity index (χ1v) is 9.58. The van der Waals surface area contributed by atoms with Crippen LogP contribution in [0.25, 0.3) is 0 Å². The number of aromatic nitrogens is 1. The van der Waals surface area contributed by atoms with E-state index in [1.807, 2.05) is 49.1 Å². The molecule has 1 saturated heterocycles. The van der Waals surface area contributed by atoms with Crippen LogP contribution in [-0.2, 0) is 11.3 Å². The minimum atomic E-state index is -0.168. The standard InChI is InChI=1S/C21H27N3O3/c1-4-17-14-23(21(26)18-12-19(15(2)3)27-22-18)11-10-20(25)24(17)13-16-8-6-5-7-9-16/h5-9,12,15,17H,4,10-11,13-14H2,1-3H3. The van der Waals surface area contributed by atoms with Crippen molar-refractivity contribution in [2.24, 2.45) is 0 Å². The fourth-order valence-corrected chi connectivity index (χ4v) is 3.38. The van der Waals surface area contributed by atoms with Gasteiger partial charge in [0.05, 0.1) is 0 Å². The number of benzene rings is 1. The molecule has 2 aromatic rings. The predicted molar refractivity (Wildman–Crippen MR) is 102 cm³/mol. The van der Waals surface area contributed by atoms with E-state index in [4.69, 9.17) is 4.52 Å². The second-order valence-electron chi connectivity index (χ2n) is 7.34. The number of carbonyl (C=O) groups is 2. The normalized spacial score (nSPS) is 18.1. The molecule has 144 valence electrons. The molecule has 0 aliphatic carbocycles. The molecule has 3 rings (SSSR count). The Bertz CT molecular complexity index is 785. The summed E-state index contributed by atoms with van der Waals surface area (Å²) in [6.45, 7) is 7.53. The summed E-state index contributed by atoms with van der Waals surface area (Å²) < 4.78 is 5.27. The number of nitrogens with zero attached hydrogens (tertiary/aromatic N) is 3. The summed E-state index contributed by atoms with van der Waals surface area (Å²) in [5.41, 5.74) is 1.42. The molecule has 6 nitrogen and oxygen atoms in total. The fraction of sp³-hybridized carbons (Fsp3) is 0.476. The van der Waals surface area contributed by atoms with Gasteiger partial charge in [-0.2, -0.15) is 0 Å². The quantitative estimate of drug-likeness (QED) is 0.810. The highest BCUT2D eigenvalue weighted by molar-refractivity contribution is 5.93. The van der Waals surface area contributed by atoms with Crippen LogP contribution in [0.2, 0.25) is 0 Å². The van der Waals surface area contributed by atoms with Gasteiger partial charge >= 0.3 is 0 Å². The Morgan fingerprint density at radius 3 is 2.67 bits per heavy atom. The zero-order chi connectivity index (χ0) is 19.4. The van der Waals surface area contributed by atoms with Crippen LogP contribution in [-0.4, -0.2) is 45.9 Å². The lowest BCUT2D eigenvalue weighted by Gasteiger charge is -2.31. The topological polar surface area (TPSA) is 66.7 Å². The van der Waals surface area contributed by atoms with E-state index < -0.39 is 0 Å². The van der Waals surface area contributed by atoms with Gasteiger partial charge in [-0.25, -0.2) is 0 Å². The highest BCUT2D eigenvalue weighted by Gasteiger charge is 2.32. The van der Waals surface area contributed by atoms with Gasteiger partial charge in [-0.15, -0.1) is 0 Å². The Kier molecular flexibility index (Phi) is 5.94. The van der Waals surface area contributed by atoms with Crippen LogP contribution >= 0.6 is 0 Å². The molecular formula is C21H27N3O3. The molecule has 0 radical (unpaired) electrons. The first-order chi connectivity index (χ1) is 13.0. The molecule has 27 heavy (non-hydrogen) atoms. The molecule has 0 saturated carbocycles. The predicted octanol–water partition coefficient (Wildman–Crippen LogP) is 3.45. The van der Waals surface area contributed by atoms with E-state index in [0.29, 0.717) is 37.5 Å². The van der Waals surface area contributed by atoms with Gasteiger partial charge in [0, 0.05) is 44.1 Å². The number of hydrogen-bond donors (Lipinski definition) is 0. The molecule has 1 aliphatic heterocycles. The maximum atomic E-state index is 12.9. The van der Waals surface area contributed by atoms with Gasteiger partial charge in [0.2, 0.25) is 5.91 Å². The van der Waals surface area contributed by atoms with Crippen molar-refractivity contribution >= 4 is 11.8 Å². The van der Waals surface area contributed by atoms with Crippen molar-refractivity contribution in [2.75, 3.05) is 13.1 Å². The average molecular weight is 369 g/mol. The summed E-state index contributed by atoms with van der Waals surface area (Å²) in [7, 11) is 0. The zero-order valence-electron chi connectivity index (χ0n) is 16.2. The van der Waals surface area contributed by atoms with Gasteiger partial charge in [0.25, 0.3) is 5.91 Å². The van der Waals surface area contributed by atoms with Gasteiger partial charge in [-0.3, -0.25) is 9.59 Å². The summed E-state index contributed by atoms with van der Waals surface area (Å²) in [6.07, 6.45) is 1.11. The molecule has 0 N–H and O–H groups in total. The van der Waals surface area contributed by atoms with E-state index in [1.165, 1.54) is 0 Å². The minimum Gasteiger partial charge on any atom is -0.360 e. The van der Waals surface area contributed by atoms with Crippen molar-refractivity contribution in [2.45, 2.75) is 52.1 Å². The lowest BCUT2D eigenvalue weighted by Crippen LogP contribution is -2.43. The second-order valence-corrected chi connectivity index (χ2v) is 7.34. The number of hydrogen-bond acceptors (Lipinski definition) is 4. The number of amides is 2. The smallest absolute Gasteiger partial charge is 0.276 e. The number of carbonyl (C=O) groups excluding carboxylic acids is 2. The largest absolute Gasteiger partial charge is 0.360 e. The SMILES string of the molecule is CCC1CN(C(=O)c2cc(C(C)C)on2)CCC(=O)N1Cc1ccccc1. The molecule has 1 atom stereocenters. The van der Waals surface area contributed by atoms with Crippen LogP contribution in [0.3, 0.4) is 0 Å². The molecule has 2 amide bonds. The molecule has 1 aromatic heterocycles. The van der Waals surface area contributed by atoms with E-state index in [2.05, 4.69) is 12.1 Å². The first-order valence-electron chi connectivity index (χ1n) is 9.58. The van der Waals surface area contributed by atoms with Crippen LogP contribution in [0.5, 0.6) is 0 Å². The fourth-order valence-electron chi connectivity index (χ4n) is 3.38. The third kappa shape index (κ3) is 4.38. The summed E-state index contributed by atoms with van der Waals surface area (Å²) in [4.78, 5) is 29.3. The zero-order valence-corrected chi connectivity index (χ0v) is 16.2. The second kappa shape index (κ2) is 8.37. The van der Waals surface area contributed by atoms with Gasteiger partial charge < -0.3 is 14.3 Å². The van der Waals surface area contributed by atoms with E-state index in [9.17, 15) is 9.59 Å². The monoisotopic (exact) mass is 369 g/mol. The Balaban J connectivity index is 1.76. The first kappa shape index (κ1) is 19.1. The van der Waals surface area contributed by atoms with Crippen molar-refractivity contribution in [3.63, 3.8) is 0 Å². The van der Waals surface area contributed by atoms with Crippen LogP contribution in [0.4, 0.5) is 0 Å². The van der Waals surface area contributed by atoms with E-state index in [-0.39, 0.29) is 23.8 Å². The summed E-state index contributed by atoms with van der Waals surface area (Å²) in [6, 6.07) is 11.7. The highest BCUT2D eigenvalue weighted by Crippen LogP contribution is 2.21. The van der Waals surface area contributed by atoms with Gasteiger partial charge in [-0.05, 0) is 12.0 Å². The van der Waals surface area contributed by atoms with Gasteiger partial charge in [-0.1, -0.05) is 56.3 Å². The van der Waals surface area contributed by atoms with Crippen molar-refractivity contribution in [3.8, 4) is 0 Å². The van der Waals surface area contributed by atoms with E-state index >= 15 is 0 Å². The Morgan fingerprint density at radius 2 is 2.04 bits per heavy atom. The molecule has 1 unspecified atom stereocenters. The molecule has 0 spiro atoms. The molecule has 2 heterocycles. The summed E-state index contributed by atoms with van der Waals surface area (Å²) in [5, 5.41) is 3.94. The maximum absolute atomic E-state index is 12.9. The van der Waals surface area contributed by atoms with Crippen LogP contribution in [0.1, 0.15) is 61.3 Å². The molecule has 6 heteroatoms. The maximum Gasteiger partial charge on any atom is 0.276 e. The van der Waals surface area contributed by atoms with Gasteiger partial charge in [0.15, 0.2) is 5.69 Å². The van der Waals surface area contributed by atoms with Crippen molar-refractivity contribution in [1.29, 1.82) is 0 Å². The average Bonchev–Trinajstić information content (AvgIpc) is 3.12. The van der Waals surface area contributed by atoms with Crippen molar-refractivity contribution in [3.05, 3.63) is 53.4 Å². The summed E-state index contributed by atoms with van der Waals surface area (Å²) >= 11 is 0. The molecule has 1 aliphatic rings. The van der Waals surface area contributed by atoms with Crippen LogP contribution < -0.4 is 0 Å². The molecular weight excluding hydrogens is 342 g/mol. The lowest BCUT2D eigenvalue weighted by molar-refractivity contribution is -0.133. The Labute approximate surface area is 160 Å².